The number of hydrogen-bond acceptors (Lipinski definition) is 3. The Labute approximate surface area is 101 Å². The van der Waals surface area contributed by atoms with Crippen LogP contribution in [0.3, 0.4) is 0 Å². The van der Waals surface area contributed by atoms with Crippen molar-refractivity contribution in [3.8, 4) is 0 Å². The van der Waals surface area contributed by atoms with Crippen LogP contribution < -0.4 is 0 Å². The molecule has 1 unspecified atom stereocenters. The quantitative estimate of drug-likeness (QED) is 0.879. The highest BCUT2D eigenvalue weighted by Crippen LogP contribution is 2.20. The number of nitrogens with zero attached hydrogens (tertiary/aromatic N) is 1. The second kappa shape index (κ2) is 5.25. The van der Waals surface area contributed by atoms with Crippen LogP contribution in [-0.2, 0) is 4.74 Å². The van der Waals surface area contributed by atoms with Gasteiger partial charge in [-0.3, -0.25) is 0 Å². The molecule has 0 amide bonds. The van der Waals surface area contributed by atoms with E-state index in [1.807, 2.05) is 44.2 Å². The molecule has 2 rings (SSSR count). The maximum atomic E-state index is 9.95. The summed E-state index contributed by atoms with van der Waals surface area (Å²) >= 11 is 0. The lowest BCUT2D eigenvalue weighted by molar-refractivity contribution is 0.0399. The van der Waals surface area contributed by atoms with Gasteiger partial charge >= 0.3 is 0 Å². The zero-order valence-corrected chi connectivity index (χ0v) is 10.2. The molecule has 0 aliphatic rings. The molecule has 3 heteroatoms. The third-order valence-corrected chi connectivity index (χ3v) is 2.76. The summed E-state index contributed by atoms with van der Waals surface area (Å²) in [6.45, 7) is 4.83. The highest BCUT2D eigenvalue weighted by Gasteiger charge is 2.11. The monoisotopic (exact) mass is 231 g/mol. The first-order chi connectivity index (χ1) is 8.22. The van der Waals surface area contributed by atoms with Crippen LogP contribution in [0.4, 0.5) is 0 Å². The van der Waals surface area contributed by atoms with E-state index in [0.29, 0.717) is 18.9 Å². The molecule has 2 aromatic rings. The maximum Gasteiger partial charge on any atom is 0.119 e. The van der Waals surface area contributed by atoms with E-state index in [1.54, 1.807) is 0 Å². The Bertz CT molecular complexity index is 511. The van der Waals surface area contributed by atoms with Crippen molar-refractivity contribution in [2.75, 3.05) is 13.2 Å². The molecule has 3 nitrogen and oxygen atoms in total. The van der Waals surface area contributed by atoms with E-state index in [9.17, 15) is 5.11 Å². The second-order valence-electron chi connectivity index (χ2n) is 4.06. The molecule has 1 atom stereocenters. The summed E-state index contributed by atoms with van der Waals surface area (Å²) in [5.41, 5.74) is 2.72. The van der Waals surface area contributed by atoms with Gasteiger partial charge in [-0.2, -0.15) is 0 Å². The molecule has 1 aromatic heterocycles. The molecular formula is C14H17NO2. The van der Waals surface area contributed by atoms with Gasteiger partial charge in [0, 0.05) is 12.0 Å². The topological polar surface area (TPSA) is 42.4 Å². The van der Waals surface area contributed by atoms with E-state index in [4.69, 9.17) is 4.74 Å². The molecule has 90 valence electrons. The highest BCUT2D eigenvalue weighted by atomic mass is 16.5. The number of fused-ring (bicyclic) bond motifs is 1. The molecule has 0 bridgehead atoms. The van der Waals surface area contributed by atoms with Crippen molar-refractivity contribution in [1.82, 2.24) is 4.98 Å². The Kier molecular flexibility index (Phi) is 3.71. The molecule has 0 aliphatic heterocycles. The minimum absolute atomic E-state index is 0.293. The number of para-hydroxylation sites is 1. The van der Waals surface area contributed by atoms with Crippen LogP contribution in [0.2, 0.25) is 0 Å². The molecule has 1 N–H and O–H groups in total. The molecule has 0 fully saturated rings. The number of pyridine rings is 1. The molecule has 17 heavy (non-hydrogen) atoms. The number of benzene rings is 1. The van der Waals surface area contributed by atoms with Crippen LogP contribution >= 0.6 is 0 Å². The van der Waals surface area contributed by atoms with Crippen molar-refractivity contribution < 1.29 is 9.84 Å². The van der Waals surface area contributed by atoms with Crippen molar-refractivity contribution in [3.63, 3.8) is 0 Å². The third kappa shape index (κ3) is 2.62. The molecule has 1 aromatic carbocycles. The van der Waals surface area contributed by atoms with Gasteiger partial charge in [-0.25, -0.2) is 4.98 Å². The van der Waals surface area contributed by atoms with Gasteiger partial charge in [-0.05, 0) is 31.5 Å². The van der Waals surface area contributed by atoms with Gasteiger partial charge in [-0.15, -0.1) is 0 Å². The molecule has 0 spiro atoms. The first-order valence-corrected chi connectivity index (χ1v) is 5.84. The minimum atomic E-state index is -0.654. The van der Waals surface area contributed by atoms with E-state index in [-0.39, 0.29) is 0 Å². The van der Waals surface area contributed by atoms with Gasteiger partial charge in [0.2, 0.25) is 0 Å². The lowest BCUT2D eigenvalue weighted by Crippen LogP contribution is -2.09. The van der Waals surface area contributed by atoms with Crippen LogP contribution in [0.1, 0.15) is 24.3 Å². The second-order valence-corrected chi connectivity index (χ2v) is 4.06. The van der Waals surface area contributed by atoms with E-state index >= 15 is 0 Å². The lowest BCUT2D eigenvalue weighted by Gasteiger charge is -2.12. The van der Waals surface area contributed by atoms with Crippen LogP contribution in [0.15, 0.2) is 30.3 Å². The molecule has 0 radical (unpaired) electrons. The van der Waals surface area contributed by atoms with Crippen LogP contribution in [0.25, 0.3) is 10.9 Å². The average molecular weight is 231 g/mol. The van der Waals surface area contributed by atoms with Gasteiger partial charge in [0.25, 0.3) is 0 Å². The van der Waals surface area contributed by atoms with Crippen molar-refractivity contribution >= 4 is 10.9 Å². The van der Waals surface area contributed by atoms with E-state index < -0.39 is 6.10 Å². The van der Waals surface area contributed by atoms with Gasteiger partial charge in [-0.1, -0.05) is 18.2 Å². The Hall–Kier alpha value is -1.45. The molecule has 0 saturated carbocycles. The van der Waals surface area contributed by atoms with Crippen LogP contribution in [-0.4, -0.2) is 23.3 Å². The fourth-order valence-corrected chi connectivity index (χ4v) is 1.86. The van der Waals surface area contributed by atoms with E-state index in [1.165, 1.54) is 0 Å². The normalized spacial score (nSPS) is 12.9. The Morgan fingerprint density at radius 1 is 1.35 bits per heavy atom. The van der Waals surface area contributed by atoms with Gasteiger partial charge in [0.15, 0.2) is 0 Å². The summed E-state index contributed by atoms with van der Waals surface area (Å²) in [5.74, 6) is 0. The van der Waals surface area contributed by atoms with Gasteiger partial charge < -0.3 is 9.84 Å². The number of aliphatic hydroxyl groups is 1. The predicted octanol–water partition coefficient (Wildman–Crippen LogP) is 2.61. The van der Waals surface area contributed by atoms with Crippen molar-refractivity contribution in [1.29, 1.82) is 0 Å². The maximum absolute atomic E-state index is 9.95. The predicted molar refractivity (Wildman–Crippen MR) is 67.9 cm³/mol. The fraction of sp³-hybridized carbons (Fsp3) is 0.357. The summed E-state index contributed by atoms with van der Waals surface area (Å²) < 4.78 is 5.21. The smallest absolute Gasteiger partial charge is 0.119 e. The van der Waals surface area contributed by atoms with Crippen molar-refractivity contribution in [2.24, 2.45) is 0 Å². The standard InChI is InChI=1S/C14H17NO2/c1-3-17-9-14(16)13-8-10(2)11-6-4-5-7-12(11)15-13/h4-8,14,16H,3,9H2,1-2H3. The van der Waals surface area contributed by atoms with Gasteiger partial charge in [0.1, 0.15) is 6.10 Å². The van der Waals surface area contributed by atoms with E-state index in [0.717, 1.165) is 16.5 Å². The first-order valence-electron chi connectivity index (χ1n) is 5.84. The summed E-state index contributed by atoms with van der Waals surface area (Å²) in [7, 11) is 0. The summed E-state index contributed by atoms with van der Waals surface area (Å²) in [6.07, 6.45) is -0.654. The number of hydrogen-bond donors (Lipinski definition) is 1. The Balaban J connectivity index is 2.36. The first kappa shape index (κ1) is 12.0. The SMILES string of the molecule is CCOCC(O)c1cc(C)c2ccccc2n1. The summed E-state index contributed by atoms with van der Waals surface area (Å²) in [5, 5.41) is 11.1. The molecular weight excluding hydrogens is 214 g/mol. The van der Waals surface area contributed by atoms with Gasteiger partial charge in [0.05, 0.1) is 17.8 Å². The highest BCUT2D eigenvalue weighted by molar-refractivity contribution is 5.82. The van der Waals surface area contributed by atoms with Crippen molar-refractivity contribution in [2.45, 2.75) is 20.0 Å². The van der Waals surface area contributed by atoms with Crippen molar-refractivity contribution in [3.05, 3.63) is 41.6 Å². The number of rotatable bonds is 4. The Morgan fingerprint density at radius 3 is 2.88 bits per heavy atom. The Morgan fingerprint density at radius 2 is 2.12 bits per heavy atom. The lowest BCUT2D eigenvalue weighted by atomic mass is 10.1. The number of aromatic nitrogens is 1. The molecule has 0 saturated heterocycles. The third-order valence-electron chi connectivity index (χ3n) is 2.76. The van der Waals surface area contributed by atoms with Crippen LogP contribution in [0, 0.1) is 6.92 Å². The molecule has 1 heterocycles. The summed E-state index contributed by atoms with van der Waals surface area (Å²) in [4.78, 5) is 4.46. The largest absolute Gasteiger partial charge is 0.384 e. The zero-order chi connectivity index (χ0) is 12.3. The van der Waals surface area contributed by atoms with E-state index in [2.05, 4.69) is 4.98 Å². The zero-order valence-electron chi connectivity index (χ0n) is 10.2. The number of ether oxygens (including phenoxy) is 1. The minimum Gasteiger partial charge on any atom is -0.384 e. The molecule has 0 aliphatic carbocycles. The number of aliphatic hydroxyl groups excluding tert-OH is 1. The fourth-order valence-electron chi connectivity index (χ4n) is 1.86. The van der Waals surface area contributed by atoms with Crippen LogP contribution in [0.5, 0.6) is 0 Å². The summed E-state index contributed by atoms with van der Waals surface area (Å²) in [6, 6.07) is 9.86. The number of aryl methyl sites for hydroxylation is 1. The average Bonchev–Trinajstić information content (AvgIpc) is 2.36.